The molecule has 0 bridgehead atoms. The van der Waals surface area contributed by atoms with E-state index in [9.17, 15) is 4.79 Å². The highest BCUT2D eigenvalue weighted by Gasteiger charge is 2.40. The zero-order valence-electron chi connectivity index (χ0n) is 12.2. The second-order valence-electron chi connectivity index (χ2n) is 6.06. The number of nitrogens with one attached hydrogen (secondary N) is 1. The number of rotatable bonds is 3. The Labute approximate surface area is 119 Å². The van der Waals surface area contributed by atoms with Crippen LogP contribution >= 0.6 is 0 Å². The number of likely N-dealkylation sites (tertiary alicyclic amines) is 1. The first-order chi connectivity index (χ1) is 9.62. The maximum atomic E-state index is 11.6. The predicted molar refractivity (Wildman–Crippen MR) is 74.6 cm³/mol. The van der Waals surface area contributed by atoms with Gasteiger partial charge in [0.2, 0.25) is 0 Å². The van der Waals surface area contributed by atoms with Crippen LogP contribution in [0.15, 0.2) is 10.5 Å². The number of ether oxygens (including phenoxy) is 1. The normalized spacial score (nSPS) is 26.5. The van der Waals surface area contributed by atoms with Gasteiger partial charge in [0.05, 0.1) is 13.7 Å². The van der Waals surface area contributed by atoms with Crippen molar-refractivity contribution in [2.45, 2.75) is 26.3 Å². The number of hydrogen-bond acceptors (Lipinski definition) is 5. The highest BCUT2D eigenvalue weighted by Crippen LogP contribution is 2.36. The third-order valence-electron chi connectivity index (χ3n) is 4.60. The molecule has 0 amide bonds. The second-order valence-corrected chi connectivity index (χ2v) is 6.06. The third-order valence-corrected chi connectivity index (χ3v) is 4.60. The van der Waals surface area contributed by atoms with Gasteiger partial charge in [-0.3, -0.25) is 4.90 Å². The molecule has 1 aromatic rings. The maximum Gasteiger partial charge on any atom is 0.341 e. The van der Waals surface area contributed by atoms with E-state index in [-0.39, 0.29) is 5.97 Å². The van der Waals surface area contributed by atoms with E-state index in [1.807, 2.05) is 13.0 Å². The summed E-state index contributed by atoms with van der Waals surface area (Å²) in [5.74, 6) is 1.17. The van der Waals surface area contributed by atoms with Crippen molar-refractivity contribution in [3.05, 3.63) is 23.2 Å². The number of nitrogens with zero attached hydrogens (tertiary/aromatic N) is 1. The van der Waals surface area contributed by atoms with Crippen LogP contribution in [0.4, 0.5) is 0 Å². The molecule has 5 nitrogen and oxygen atoms in total. The van der Waals surface area contributed by atoms with E-state index in [2.05, 4.69) is 10.2 Å². The Bertz CT molecular complexity index is 503. The van der Waals surface area contributed by atoms with Crippen LogP contribution in [-0.4, -0.2) is 44.2 Å². The summed E-state index contributed by atoms with van der Waals surface area (Å²) in [5.41, 5.74) is 1.01. The summed E-state index contributed by atoms with van der Waals surface area (Å²) in [5, 5.41) is 3.46. The van der Waals surface area contributed by atoms with Crippen molar-refractivity contribution in [3.63, 3.8) is 0 Å². The molecule has 5 heteroatoms. The van der Waals surface area contributed by atoms with Gasteiger partial charge in [-0.2, -0.15) is 0 Å². The molecule has 0 aromatic carbocycles. The van der Waals surface area contributed by atoms with Crippen molar-refractivity contribution in [2.24, 2.45) is 5.41 Å². The zero-order valence-corrected chi connectivity index (χ0v) is 12.2. The van der Waals surface area contributed by atoms with Crippen molar-refractivity contribution < 1.29 is 13.9 Å². The van der Waals surface area contributed by atoms with E-state index in [4.69, 9.17) is 9.15 Å². The van der Waals surface area contributed by atoms with Gasteiger partial charge in [0.1, 0.15) is 17.1 Å². The number of carbonyl (C=O) groups excluding carboxylic acids is 1. The fourth-order valence-electron chi connectivity index (χ4n) is 3.46. The summed E-state index contributed by atoms with van der Waals surface area (Å²) in [6.07, 6.45) is 2.53. The first-order valence-electron chi connectivity index (χ1n) is 7.23. The third kappa shape index (κ3) is 2.47. The molecule has 2 fully saturated rings. The Morgan fingerprint density at radius 1 is 1.55 bits per heavy atom. The Kier molecular flexibility index (Phi) is 3.56. The molecule has 2 saturated heterocycles. The molecule has 3 rings (SSSR count). The molecule has 1 aromatic heterocycles. The Morgan fingerprint density at radius 2 is 2.40 bits per heavy atom. The molecule has 1 N–H and O–H groups in total. The average Bonchev–Trinajstić information content (AvgIpc) is 3.13. The molecule has 110 valence electrons. The van der Waals surface area contributed by atoms with Gasteiger partial charge >= 0.3 is 5.97 Å². The van der Waals surface area contributed by atoms with Crippen LogP contribution in [0.3, 0.4) is 0 Å². The van der Waals surface area contributed by atoms with E-state index in [0.717, 1.165) is 38.5 Å². The van der Waals surface area contributed by atoms with Crippen LogP contribution < -0.4 is 5.32 Å². The standard InChI is InChI=1S/C15H22N2O3/c1-11-13(14(18)19-2)7-12(20-11)8-17-6-4-15(10-17)3-5-16-9-15/h7,16H,3-6,8-10H2,1-2H3. The first-order valence-corrected chi connectivity index (χ1v) is 7.23. The molecule has 0 radical (unpaired) electrons. The number of hydrogen-bond donors (Lipinski definition) is 1. The van der Waals surface area contributed by atoms with Crippen molar-refractivity contribution in [3.8, 4) is 0 Å². The Hall–Kier alpha value is -1.33. The fourth-order valence-corrected chi connectivity index (χ4v) is 3.46. The van der Waals surface area contributed by atoms with Crippen LogP contribution in [0.2, 0.25) is 0 Å². The molecule has 0 aliphatic carbocycles. The fraction of sp³-hybridized carbons (Fsp3) is 0.667. The first kappa shape index (κ1) is 13.6. The highest BCUT2D eigenvalue weighted by atomic mass is 16.5. The average molecular weight is 278 g/mol. The number of methoxy groups -OCH3 is 1. The van der Waals surface area contributed by atoms with E-state index in [1.54, 1.807) is 0 Å². The van der Waals surface area contributed by atoms with Gasteiger partial charge in [-0.15, -0.1) is 0 Å². The van der Waals surface area contributed by atoms with E-state index < -0.39 is 0 Å². The minimum Gasteiger partial charge on any atom is -0.465 e. The van der Waals surface area contributed by atoms with Crippen molar-refractivity contribution in [1.82, 2.24) is 10.2 Å². The molecule has 1 unspecified atom stereocenters. The largest absolute Gasteiger partial charge is 0.465 e. The molecular weight excluding hydrogens is 256 g/mol. The number of furan rings is 1. The molecule has 1 atom stereocenters. The molecule has 2 aliphatic rings. The quantitative estimate of drug-likeness (QED) is 0.850. The Morgan fingerprint density at radius 3 is 3.10 bits per heavy atom. The van der Waals surface area contributed by atoms with Crippen LogP contribution in [0, 0.1) is 12.3 Å². The second kappa shape index (κ2) is 5.22. The van der Waals surface area contributed by atoms with E-state index in [1.165, 1.54) is 20.0 Å². The van der Waals surface area contributed by atoms with Gasteiger partial charge in [-0.25, -0.2) is 4.79 Å². The van der Waals surface area contributed by atoms with Crippen LogP contribution in [-0.2, 0) is 11.3 Å². The predicted octanol–water partition coefficient (Wildman–Crippen LogP) is 1.56. The van der Waals surface area contributed by atoms with Crippen LogP contribution in [0.1, 0.15) is 34.7 Å². The summed E-state index contributed by atoms with van der Waals surface area (Å²) in [7, 11) is 1.39. The molecule has 2 aliphatic heterocycles. The summed E-state index contributed by atoms with van der Waals surface area (Å²) in [4.78, 5) is 14.0. The maximum absolute atomic E-state index is 11.6. The van der Waals surface area contributed by atoms with Gasteiger partial charge in [-0.05, 0) is 44.3 Å². The molecular formula is C15H22N2O3. The van der Waals surface area contributed by atoms with Crippen molar-refractivity contribution in [1.29, 1.82) is 0 Å². The molecule has 20 heavy (non-hydrogen) atoms. The summed E-state index contributed by atoms with van der Waals surface area (Å²) < 4.78 is 10.4. The smallest absolute Gasteiger partial charge is 0.341 e. The SMILES string of the molecule is COC(=O)c1cc(CN2CCC3(CCNC3)C2)oc1C. The lowest BCUT2D eigenvalue weighted by molar-refractivity contribution is 0.0599. The van der Waals surface area contributed by atoms with Gasteiger partial charge in [0, 0.05) is 13.1 Å². The minimum atomic E-state index is -0.324. The molecule has 3 heterocycles. The summed E-state index contributed by atoms with van der Waals surface area (Å²) in [6.45, 7) is 7.08. The zero-order chi connectivity index (χ0) is 14.2. The summed E-state index contributed by atoms with van der Waals surface area (Å²) >= 11 is 0. The number of carbonyl (C=O) groups is 1. The topological polar surface area (TPSA) is 54.7 Å². The number of esters is 1. The van der Waals surface area contributed by atoms with Gasteiger partial charge in [0.25, 0.3) is 0 Å². The lowest BCUT2D eigenvalue weighted by atomic mass is 9.87. The van der Waals surface area contributed by atoms with Crippen molar-refractivity contribution in [2.75, 3.05) is 33.3 Å². The number of aryl methyl sites for hydroxylation is 1. The van der Waals surface area contributed by atoms with E-state index >= 15 is 0 Å². The molecule has 1 spiro atoms. The molecule has 0 saturated carbocycles. The monoisotopic (exact) mass is 278 g/mol. The summed E-state index contributed by atoms with van der Waals surface area (Å²) in [6, 6.07) is 1.82. The van der Waals surface area contributed by atoms with Gasteiger partial charge < -0.3 is 14.5 Å². The lowest BCUT2D eigenvalue weighted by Crippen LogP contribution is -2.28. The van der Waals surface area contributed by atoms with Crippen molar-refractivity contribution >= 4 is 5.97 Å². The van der Waals surface area contributed by atoms with Gasteiger partial charge in [-0.1, -0.05) is 0 Å². The van der Waals surface area contributed by atoms with E-state index in [0.29, 0.717) is 16.7 Å². The highest BCUT2D eigenvalue weighted by molar-refractivity contribution is 5.90. The van der Waals surface area contributed by atoms with Gasteiger partial charge in [0.15, 0.2) is 0 Å². The van der Waals surface area contributed by atoms with Crippen LogP contribution in [0.25, 0.3) is 0 Å². The van der Waals surface area contributed by atoms with Crippen LogP contribution in [0.5, 0.6) is 0 Å². The Balaban J connectivity index is 1.65. The lowest BCUT2D eigenvalue weighted by Gasteiger charge is -2.22. The minimum absolute atomic E-state index is 0.324.